The zero-order chi connectivity index (χ0) is 15.4. The van der Waals surface area contributed by atoms with Gasteiger partial charge in [-0.1, -0.05) is 29.3 Å². The number of Topliss-reactive ketones (excluding diaryl/α,β-unsaturated/α-hetero) is 1. The third-order valence-corrected chi connectivity index (χ3v) is 3.57. The van der Waals surface area contributed by atoms with E-state index in [1.807, 2.05) is 37.1 Å². The van der Waals surface area contributed by atoms with E-state index in [-0.39, 0.29) is 12.3 Å². The topological polar surface area (TPSA) is 33.2 Å². The van der Waals surface area contributed by atoms with Gasteiger partial charge in [-0.25, -0.2) is 0 Å². The van der Waals surface area contributed by atoms with Crippen molar-refractivity contribution in [3.05, 3.63) is 63.4 Å². The first-order valence-corrected chi connectivity index (χ1v) is 7.30. The number of rotatable bonds is 5. The van der Waals surface area contributed by atoms with Crippen LogP contribution in [0.3, 0.4) is 0 Å². The molecule has 0 atom stereocenters. The van der Waals surface area contributed by atoms with E-state index in [2.05, 4.69) is 4.98 Å². The van der Waals surface area contributed by atoms with Crippen LogP contribution in [0.4, 0.5) is 0 Å². The van der Waals surface area contributed by atoms with Gasteiger partial charge in [0.1, 0.15) is 0 Å². The molecule has 0 aliphatic rings. The maximum atomic E-state index is 12.3. The Morgan fingerprint density at radius 1 is 1.24 bits per heavy atom. The zero-order valence-corrected chi connectivity index (χ0v) is 13.4. The van der Waals surface area contributed by atoms with Crippen LogP contribution in [-0.2, 0) is 6.54 Å². The second kappa shape index (κ2) is 7.03. The van der Waals surface area contributed by atoms with E-state index in [4.69, 9.17) is 23.2 Å². The lowest BCUT2D eigenvalue weighted by molar-refractivity contribution is 0.0942. The Hall–Kier alpha value is -1.42. The minimum absolute atomic E-state index is 0.0354. The normalized spacial score (nSPS) is 10.9. The van der Waals surface area contributed by atoms with Crippen LogP contribution >= 0.6 is 23.2 Å². The molecule has 0 aliphatic carbocycles. The molecule has 5 heteroatoms. The van der Waals surface area contributed by atoms with Gasteiger partial charge in [-0.15, -0.1) is 0 Å². The number of aryl methyl sites for hydroxylation is 1. The van der Waals surface area contributed by atoms with E-state index in [0.717, 1.165) is 11.4 Å². The van der Waals surface area contributed by atoms with E-state index < -0.39 is 0 Å². The van der Waals surface area contributed by atoms with Crippen LogP contribution in [0.5, 0.6) is 0 Å². The van der Waals surface area contributed by atoms with E-state index in [1.54, 1.807) is 18.2 Å². The Bertz CT molecular complexity index is 658. The van der Waals surface area contributed by atoms with Crippen molar-refractivity contribution in [2.45, 2.75) is 13.5 Å². The highest BCUT2D eigenvalue weighted by Crippen LogP contribution is 2.21. The summed E-state index contributed by atoms with van der Waals surface area (Å²) in [4.78, 5) is 18.6. The summed E-state index contributed by atoms with van der Waals surface area (Å²) >= 11 is 11.9. The van der Waals surface area contributed by atoms with Crippen LogP contribution < -0.4 is 0 Å². The number of ketones is 1. The van der Waals surface area contributed by atoms with Crippen molar-refractivity contribution in [3.63, 3.8) is 0 Å². The fourth-order valence-corrected chi connectivity index (χ4v) is 2.58. The average Bonchev–Trinajstić information content (AvgIpc) is 2.38. The molecular weight excluding hydrogens is 307 g/mol. The molecule has 1 aromatic carbocycles. The van der Waals surface area contributed by atoms with Crippen LogP contribution in [0.25, 0.3) is 0 Å². The van der Waals surface area contributed by atoms with Crippen molar-refractivity contribution in [3.8, 4) is 0 Å². The molecule has 110 valence electrons. The standard InChI is InChI=1S/C16H16Cl2N2O/c1-11-4-3-5-13(19-11)9-20(2)10-16(21)14-7-6-12(17)8-15(14)18/h3-8H,9-10H2,1-2H3. The lowest BCUT2D eigenvalue weighted by Gasteiger charge is -2.16. The summed E-state index contributed by atoms with van der Waals surface area (Å²) in [6.45, 7) is 2.83. The lowest BCUT2D eigenvalue weighted by Crippen LogP contribution is -2.26. The van der Waals surface area contributed by atoms with Gasteiger partial charge in [0.15, 0.2) is 5.78 Å². The molecule has 21 heavy (non-hydrogen) atoms. The molecule has 0 fully saturated rings. The number of nitrogens with zero attached hydrogens (tertiary/aromatic N) is 2. The maximum Gasteiger partial charge on any atom is 0.178 e. The summed E-state index contributed by atoms with van der Waals surface area (Å²) in [6.07, 6.45) is 0. The second-order valence-electron chi connectivity index (χ2n) is 4.99. The summed E-state index contributed by atoms with van der Waals surface area (Å²) in [5, 5.41) is 0.906. The molecule has 1 heterocycles. The molecule has 2 aromatic rings. The maximum absolute atomic E-state index is 12.3. The van der Waals surface area contributed by atoms with Gasteiger partial charge in [0.2, 0.25) is 0 Å². The summed E-state index contributed by atoms with van der Waals surface area (Å²) in [5.41, 5.74) is 2.39. The molecule has 0 unspecified atom stereocenters. The number of benzene rings is 1. The number of carbonyl (C=O) groups excluding carboxylic acids is 1. The quantitative estimate of drug-likeness (QED) is 0.780. The molecule has 1 aromatic heterocycles. The van der Waals surface area contributed by atoms with Gasteiger partial charge >= 0.3 is 0 Å². The van der Waals surface area contributed by atoms with Crippen LogP contribution in [0.2, 0.25) is 10.0 Å². The fraction of sp³-hybridized carbons (Fsp3) is 0.250. The first-order chi connectivity index (χ1) is 9.95. The molecule has 3 nitrogen and oxygen atoms in total. The van der Waals surface area contributed by atoms with Crippen LogP contribution in [0.1, 0.15) is 21.7 Å². The first kappa shape index (κ1) is 16.0. The predicted molar refractivity (Wildman–Crippen MR) is 86.1 cm³/mol. The third kappa shape index (κ3) is 4.53. The number of carbonyl (C=O) groups is 1. The second-order valence-corrected chi connectivity index (χ2v) is 5.83. The minimum atomic E-state index is -0.0354. The van der Waals surface area contributed by atoms with Crippen molar-refractivity contribution < 1.29 is 4.79 Å². The third-order valence-electron chi connectivity index (χ3n) is 3.02. The molecule has 0 bridgehead atoms. The largest absolute Gasteiger partial charge is 0.293 e. The molecule has 0 saturated carbocycles. The molecule has 0 radical (unpaired) electrons. The van der Waals surface area contributed by atoms with Gasteiger partial charge in [-0.2, -0.15) is 0 Å². The summed E-state index contributed by atoms with van der Waals surface area (Å²) in [7, 11) is 1.88. The smallest absolute Gasteiger partial charge is 0.178 e. The number of halogens is 2. The number of hydrogen-bond donors (Lipinski definition) is 0. The van der Waals surface area contributed by atoms with Crippen molar-refractivity contribution in [2.75, 3.05) is 13.6 Å². The van der Waals surface area contributed by atoms with E-state index in [9.17, 15) is 4.79 Å². The molecule has 0 spiro atoms. The molecular formula is C16H16Cl2N2O. The van der Waals surface area contributed by atoms with Gasteiger partial charge in [-0.05, 0) is 44.3 Å². The van der Waals surface area contributed by atoms with Crippen LogP contribution in [0, 0.1) is 6.92 Å². The number of likely N-dealkylation sites (N-methyl/N-ethyl adjacent to an activating group) is 1. The summed E-state index contributed by atoms with van der Waals surface area (Å²) in [5.74, 6) is -0.0354. The lowest BCUT2D eigenvalue weighted by atomic mass is 10.1. The van der Waals surface area contributed by atoms with Gasteiger partial charge < -0.3 is 0 Å². The van der Waals surface area contributed by atoms with Crippen molar-refractivity contribution in [2.24, 2.45) is 0 Å². The molecule has 0 aliphatic heterocycles. The van der Waals surface area contributed by atoms with E-state index >= 15 is 0 Å². The van der Waals surface area contributed by atoms with Crippen LogP contribution in [0.15, 0.2) is 36.4 Å². The van der Waals surface area contributed by atoms with Gasteiger partial charge in [0.25, 0.3) is 0 Å². The predicted octanol–water partition coefficient (Wildman–Crippen LogP) is 4.01. The fourth-order valence-electron chi connectivity index (χ4n) is 2.07. The van der Waals surface area contributed by atoms with Crippen molar-refractivity contribution in [1.82, 2.24) is 9.88 Å². The van der Waals surface area contributed by atoms with E-state index in [0.29, 0.717) is 22.2 Å². The number of pyridine rings is 1. The van der Waals surface area contributed by atoms with E-state index in [1.165, 1.54) is 0 Å². The summed E-state index contributed by atoms with van der Waals surface area (Å²) in [6, 6.07) is 10.8. The zero-order valence-electron chi connectivity index (χ0n) is 11.9. The van der Waals surface area contributed by atoms with Crippen molar-refractivity contribution >= 4 is 29.0 Å². The van der Waals surface area contributed by atoms with Gasteiger partial charge in [0, 0.05) is 22.8 Å². The Labute approximate surface area is 134 Å². The highest BCUT2D eigenvalue weighted by Gasteiger charge is 2.13. The molecule has 2 rings (SSSR count). The van der Waals surface area contributed by atoms with Crippen molar-refractivity contribution in [1.29, 1.82) is 0 Å². The summed E-state index contributed by atoms with van der Waals surface area (Å²) < 4.78 is 0. The SMILES string of the molecule is Cc1cccc(CN(C)CC(=O)c2ccc(Cl)cc2Cl)n1. The minimum Gasteiger partial charge on any atom is -0.293 e. The highest BCUT2D eigenvalue weighted by atomic mass is 35.5. The molecule has 0 N–H and O–H groups in total. The monoisotopic (exact) mass is 322 g/mol. The Morgan fingerprint density at radius 3 is 2.67 bits per heavy atom. The average molecular weight is 323 g/mol. The van der Waals surface area contributed by atoms with Crippen LogP contribution in [-0.4, -0.2) is 29.3 Å². The number of aromatic nitrogens is 1. The highest BCUT2D eigenvalue weighted by molar-refractivity contribution is 6.36. The molecule has 0 amide bonds. The Kier molecular flexibility index (Phi) is 5.34. The molecule has 0 saturated heterocycles. The van der Waals surface area contributed by atoms with Gasteiger partial charge in [0.05, 0.1) is 17.3 Å². The Morgan fingerprint density at radius 2 is 2.00 bits per heavy atom. The van der Waals surface area contributed by atoms with Gasteiger partial charge in [-0.3, -0.25) is 14.7 Å². The Balaban J connectivity index is 2.02. The number of hydrogen-bond acceptors (Lipinski definition) is 3. The first-order valence-electron chi connectivity index (χ1n) is 6.55.